The standard InChI is InChI=1S/C34H58/c1-3-15-27(16-4-1)33(28-17-7-8-18-28)34(30-22-10-11-23-30,29-20-5-2-6-21-29)32-25-13-19-26-14-9-12-24-31(26)32/h26-33H,1-25H2. The molecule has 0 aromatic rings. The van der Waals surface area contributed by atoms with Crippen molar-refractivity contribution in [2.24, 2.45) is 52.8 Å². The molecule has 5 atom stereocenters. The van der Waals surface area contributed by atoms with Crippen LogP contribution in [0.4, 0.5) is 0 Å². The van der Waals surface area contributed by atoms with Crippen LogP contribution in [0.25, 0.3) is 0 Å². The molecule has 34 heavy (non-hydrogen) atoms. The average molecular weight is 467 g/mol. The van der Waals surface area contributed by atoms with Crippen LogP contribution in [0.1, 0.15) is 161 Å². The predicted molar refractivity (Wildman–Crippen MR) is 146 cm³/mol. The van der Waals surface area contributed by atoms with Gasteiger partial charge in [0, 0.05) is 0 Å². The zero-order valence-corrected chi connectivity index (χ0v) is 22.8. The van der Waals surface area contributed by atoms with Crippen LogP contribution in [0.2, 0.25) is 0 Å². The van der Waals surface area contributed by atoms with E-state index in [1.165, 1.54) is 0 Å². The zero-order chi connectivity index (χ0) is 22.8. The van der Waals surface area contributed by atoms with Gasteiger partial charge in [-0.3, -0.25) is 0 Å². The Morgan fingerprint density at radius 2 is 0.824 bits per heavy atom. The Labute approximate surface area is 213 Å². The fourth-order valence-electron chi connectivity index (χ4n) is 12.3. The Bertz CT molecular complexity index is 610. The van der Waals surface area contributed by atoms with Crippen LogP contribution in [0.15, 0.2) is 0 Å². The molecular formula is C34H58. The lowest BCUT2D eigenvalue weighted by molar-refractivity contribution is -0.156. The van der Waals surface area contributed by atoms with Gasteiger partial charge in [-0.05, 0) is 91.3 Å². The first kappa shape index (κ1) is 24.3. The molecule has 0 aromatic carbocycles. The van der Waals surface area contributed by atoms with Gasteiger partial charge in [0.1, 0.15) is 0 Å². The monoisotopic (exact) mass is 466 g/mol. The molecule has 6 rings (SSSR count). The van der Waals surface area contributed by atoms with E-state index in [0.717, 1.165) is 52.8 Å². The van der Waals surface area contributed by atoms with Gasteiger partial charge in [0.15, 0.2) is 0 Å². The predicted octanol–water partition coefficient (Wildman–Crippen LogP) is 10.7. The summed E-state index contributed by atoms with van der Waals surface area (Å²) in [5.41, 5.74) is 0.745. The molecule has 0 spiro atoms. The Hall–Kier alpha value is 0. The molecule has 6 aliphatic rings. The molecule has 0 heterocycles. The van der Waals surface area contributed by atoms with Gasteiger partial charge in [0.2, 0.25) is 0 Å². The molecule has 194 valence electrons. The Morgan fingerprint density at radius 3 is 1.44 bits per heavy atom. The second-order valence-corrected chi connectivity index (χ2v) is 14.5. The van der Waals surface area contributed by atoms with Gasteiger partial charge in [-0.1, -0.05) is 122 Å². The van der Waals surface area contributed by atoms with Crippen molar-refractivity contribution in [3.05, 3.63) is 0 Å². The molecule has 0 aromatic heterocycles. The lowest BCUT2D eigenvalue weighted by atomic mass is 9.41. The molecule has 6 aliphatic carbocycles. The van der Waals surface area contributed by atoms with E-state index in [0.29, 0.717) is 0 Å². The van der Waals surface area contributed by atoms with Crippen LogP contribution in [0.5, 0.6) is 0 Å². The summed E-state index contributed by atoms with van der Waals surface area (Å²) >= 11 is 0. The first-order chi connectivity index (χ1) is 16.9. The molecule has 6 saturated carbocycles. The first-order valence-corrected chi connectivity index (χ1v) is 16.9. The lowest BCUT2D eigenvalue weighted by Crippen LogP contribution is -2.57. The molecule has 5 unspecified atom stereocenters. The molecule has 0 aliphatic heterocycles. The van der Waals surface area contributed by atoms with E-state index >= 15 is 0 Å². The average Bonchev–Trinajstić information content (AvgIpc) is 3.63. The molecule has 0 heteroatoms. The summed E-state index contributed by atoms with van der Waals surface area (Å²) in [5.74, 6) is 8.89. The van der Waals surface area contributed by atoms with Gasteiger partial charge in [0.05, 0.1) is 0 Å². The Morgan fingerprint density at radius 1 is 0.382 bits per heavy atom. The second-order valence-electron chi connectivity index (χ2n) is 14.5. The van der Waals surface area contributed by atoms with Crippen molar-refractivity contribution in [1.82, 2.24) is 0 Å². The summed E-state index contributed by atoms with van der Waals surface area (Å²) in [6, 6.07) is 0. The minimum Gasteiger partial charge on any atom is -0.0533 e. The van der Waals surface area contributed by atoms with Gasteiger partial charge in [-0.25, -0.2) is 0 Å². The summed E-state index contributed by atoms with van der Waals surface area (Å²) in [5, 5.41) is 0. The van der Waals surface area contributed by atoms with Gasteiger partial charge in [0.25, 0.3) is 0 Å². The van der Waals surface area contributed by atoms with Crippen molar-refractivity contribution in [3.8, 4) is 0 Å². The fourth-order valence-corrected chi connectivity index (χ4v) is 12.3. The van der Waals surface area contributed by atoms with Crippen molar-refractivity contribution >= 4 is 0 Å². The Balaban J connectivity index is 1.48. The first-order valence-electron chi connectivity index (χ1n) is 16.9. The van der Waals surface area contributed by atoms with E-state index in [1.807, 2.05) is 0 Å². The second kappa shape index (κ2) is 11.2. The van der Waals surface area contributed by atoms with Crippen LogP contribution in [-0.4, -0.2) is 0 Å². The molecule has 0 amide bonds. The van der Waals surface area contributed by atoms with Crippen LogP contribution >= 0.6 is 0 Å². The third kappa shape index (κ3) is 4.46. The summed E-state index contributed by atoms with van der Waals surface area (Å²) < 4.78 is 0. The van der Waals surface area contributed by atoms with Crippen molar-refractivity contribution in [1.29, 1.82) is 0 Å². The number of fused-ring (bicyclic) bond motifs is 1. The van der Waals surface area contributed by atoms with E-state index in [1.54, 1.807) is 161 Å². The maximum atomic E-state index is 1.64. The molecular weight excluding hydrogens is 408 g/mol. The Kier molecular flexibility index (Phi) is 8.00. The van der Waals surface area contributed by atoms with E-state index in [2.05, 4.69) is 0 Å². The van der Waals surface area contributed by atoms with Crippen LogP contribution in [-0.2, 0) is 0 Å². The maximum Gasteiger partial charge on any atom is -0.0176 e. The molecule has 6 fully saturated rings. The van der Waals surface area contributed by atoms with Gasteiger partial charge in [-0.2, -0.15) is 0 Å². The van der Waals surface area contributed by atoms with Gasteiger partial charge >= 0.3 is 0 Å². The van der Waals surface area contributed by atoms with Crippen LogP contribution < -0.4 is 0 Å². The van der Waals surface area contributed by atoms with Crippen LogP contribution in [0.3, 0.4) is 0 Å². The van der Waals surface area contributed by atoms with Gasteiger partial charge < -0.3 is 0 Å². The fraction of sp³-hybridized carbons (Fsp3) is 1.00. The minimum atomic E-state index is 0.745. The number of hydrogen-bond donors (Lipinski definition) is 0. The summed E-state index contributed by atoms with van der Waals surface area (Å²) in [4.78, 5) is 0. The highest BCUT2D eigenvalue weighted by atomic mass is 14.7. The third-order valence-corrected chi connectivity index (χ3v) is 13.2. The number of rotatable bonds is 6. The normalized spacial score (nSPS) is 37.9. The summed E-state index contributed by atoms with van der Waals surface area (Å²) in [6.45, 7) is 0. The molecule has 0 saturated heterocycles. The highest BCUT2D eigenvalue weighted by molar-refractivity contribution is 5.09. The summed E-state index contributed by atoms with van der Waals surface area (Å²) in [6.07, 6.45) is 39.8. The van der Waals surface area contributed by atoms with E-state index in [-0.39, 0.29) is 0 Å². The summed E-state index contributed by atoms with van der Waals surface area (Å²) in [7, 11) is 0. The molecule has 0 nitrogen and oxygen atoms in total. The highest BCUT2D eigenvalue weighted by Gasteiger charge is 2.61. The third-order valence-electron chi connectivity index (χ3n) is 13.2. The minimum absolute atomic E-state index is 0.745. The van der Waals surface area contributed by atoms with Gasteiger partial charge in [-0.15, -0.1) is 0 Å². The topological polar surface area (TPSA) is 0 Å². The smallest absolute Gasteiger partial charge is 0.0176 e. The van der Waals surface area contributed by atoms with Crippen molar-refractivity contribution in [3.63, 3.8) is 0 Å². The molecule has 0 N–H and O–H groups in total. The zero-order valence-electron chi connectivity index (χ0n) is 22.8. The van der Waals surface area contributed by atoms with E-state index < -0.39 is 0 Å². The van der Waals surface area contributed by atoms with E-state index in [9.17, 15) is 0 Å². The van der Waals surface area contributed by atoms with Crippen molar-refractivity contribution in [2.45, 2.75) is 161 Å². The quantitative estimate of drug-likeness (QED) is 0.365. The van der Waals surface area contributed by atoms with E-state index in [4.69, 9.17) is 0 Å². The van der Waals surface area contributed by atoms with Crippen molar-refractivity contribution < 1.29 is 0 Å². The lowest BCUT2D eigenvalue weighted by Gasteiger charge is -2.64. The molecule has 0 bridgehead atoms. The SMILES string of the molecule is C1CCC(C(C2CCCC2)C(C2CCCCC2)(C2CCCC2)C2CCCC3CCCCC32)CC1. The number of hydrogen-bond acceptors (Lipinski definition) is 0. The molecule has 0 radical (unpaired) electrons. The maximum absolute atomic E-state index is 1.64. The highest BCUT2D eigenvalue weighted by Crippen LogP contribution is 2.68. The largest absolute Gasteiger partial charge is 0.0533 e. The van der Waals surface area contributed by atoms with Crippen molar-refractivity contribution in [2.75, 3.05) is 0 Å². The van der Waals surface area contributed by atoms with Crippen LogP contribution in [0, 0.1) is 52.8 Å².